The van der Waals surface area contributed by atoms with E-state index in [0.717, 1.165) is 5.56 Å². The Bertz CT molecular complexity index is 442. The predicted octanol–water partition coefficient (Wildman–Crippen LogP) is 1.35. The molecular formula is C15H21NO4. The number of carbonyl (C=O) groups excluding carboxylic acids is 2. The average Bonchev–Trinajstić information content (AvgIpc) is 2.37. The molecule has 1 amide bonds. The maximum absolute atomic E-state index is 11.6. The van der Waals surface area contributed by atoms with Gasteiger partial charge >= 0.3 is 0 Å². The SMILES string of the molecule is COCC(C)NC(=O)COc1ccc(CC(C)=O)cc1. The lowest BCUT2D eigenvalue weighted by molar-refractivity contribution is -0.124. The van der Waals surface area contributed by atoms with Gasteiger partial charge in [-0.2, -0.15) is 0 Å². The summed E-state index contributed by atoms with van der Waals surface area (Å²) in [5, 5.41) is 2.75. The van der Waals surface area contributed by atoms with Crippen LogP contribution in [0.3, 0.4) is 0 Å². The molecule has 1 rings (SSSR count). The number of amides is 1. The monoisotopic (exact) mass is 279 g/mol. The first-order valence-corrected chi connectivity index (χ1v) is 6.50. The van der Waals surface area contributed by atoms with Crippen LogP contribution in [-0.4, -0.2) is 38.1 Å². The summed E-state index contributed by atoms with van der Waals surface area (Å²) in [5.41, 5.74) is 0.933. The van der Waals surface area contributed by atoms with Crippen molar-refractivity contribution in [2.45, 2.75) is 26.3 Å². The Hall–Kier alpha value is -1.88. The highest BCUT2D eigenvalue weighted by Crippen LogP contribution is 2.12. The van der Waals surface area contributed by atoms with Crippen LogP contribution < -0.4 is 10.1 Å². The molecule has 0 radical (unpaired) electrons. The lowest BCUT2D eigenvalue weighted by Crippen LogP contribution is -2.38. The van der Waals surface area contributed by atoms with Crippen molar-refractivity contribution >= 4 is 11.7 Å². The Balaban J connectivity index is 2.38. The molecule has 0 aliphatic carbocycles. The molecule has 0 aliphatic rings. The van der Waals surface area contributed by atoms with Crippen molar-refractivity contribution in [2.75, 3.05) is 20.3 Å². The van der Waals surface area contributed by atoms with Crippen LogP contribution in [0.25, 0.3) is 0 Å². The van der Waals surface area contributed by atoms with Crippen molar-refractivity contribution in [3.8, 4) is 5.75 Å². The summed E-state index contributed by atoms with van der Waals surface area (Å²) >= 11 is 0. The van der Waals surface area contributed by atoms with E-state index in [0.29, 0.717) is 18.8 Å². The van der Waals surface area contributed by atoms with E-state index in [1.54, 1.807) is 26.2 Å². The lowest BCUT2D eigenvalue weighted by Gasteiger charge is -2.13. The number of hydrogen-bond acceptors (Lipinski definition) is 4. The van der Waals surface area contributed by atoms with Gasteiger partial charge in [0.2, 0.25) is 0 Å². The summed E-state index contributed by atoms with van der Waals surface area (Å²) in [6, 6.07) is 7.10. The van der Waals surface area contributed by atoms with E-state index < -0.39 is 0 Å². The Morgan fingerprint density at radius 2 is 1.90 bits per heavy atom. The summed E-state index contributed by atoms with van der Waals surface area (Å²) in [4.78, 5) is 22.6. The second-order valence-electron chi connectivity index (χ2n) is 4.74. The number of ether oxygens (including phenoxy) is 2. The van der Waals surface area contributed by atoms with Crippen LogP contribution in [0.5, 0.6) is 5.75 Å². The first-order valence-electron chi connectivity index (χ1n) is 6.50. The minimum Gasteiger partial charge on any atom is -0.484 e. The largest absolute Gasteiger partial charge is 0.484 e. The summed E-state index contributed by atoms with van der Waals surface area (Å²) in [6.45, 7) is 3.83. The number of carbonyl (C=O) groups is 2. The molecule has 20 heavy (non-hydrogen) atoms. The maximum atomic E-state index is 11.6. The van der Waals surface area contributed by atoms with Gasteiger partial charge < -0.3 is 14.8 Å². The fourth-order valence-corrected chi connectivity index (χ4v) is 1.75. The normalized spacial score (nSPS) is 11.8. The van der Waals surface area contributed by atoms with Crippen LogP contribution in [-0.2, 0) is 20.7 Å². The third-order valence-corrected chi connectivity index (χ3v) is 2.57. The number of rotatable bonds is 8. The summed E-state index contributed by atoms with van der Waals surface area (Å²) in [5.74, 6) is 0.527. The summed E-state index contributed by atoms with van der Waals surface area (Å²) in [6.07, 6.45) is 0.412. The number of ketones is 1. The highest BCUT2D eigenvalue weighted by molar-refractivity contribution is 5.78. The molecule has 0 heterocycles. The fraction of sp³-hybridized carbons (Fsp3) is 0.467. The van der Waals surface area contributed by atoms with Gasteiger partial charge in [0.05, 0.1) is 6.61 Å². The van der Waals surface area contributed by atoms with Crippen LogP contribution in [0.2, 0.25) is 0 Å². The molecular weight excluding hydrogens is 258 g/mol. The van der Waals surface area contributed by atoms with E-state index in [1.807, 2.05) is 19.1 Å². The zero-order valence-corrected chi connectivity index (χ0v) is 12.1. The van der Waals surface area contributed by atoms with Crippen molar-refractivity contribution in [3.63, 3.8) is 0 Å². The smallest absolute Gasteiger partial charge is 0.258 e. The fourth-order valence-electron chi connectivity index (χ4n) is 1.75. The summed E-state index contributed by atoms with van der Waals surface area (Å²) in [7, 11) is 1.59. The van der Waals surface area contributed by atoms with Gasteiger partial charge in [-0.05, 0) is 31.5 Å². The Labute approximate surface area is 119 Å². The zero-order valence-electron chi connectivity index (χ0n) is 12.1. The van der Waals surface area contributed by atoms with Crippen LogP contribution >= 0.6 is 0 Å². The zero-order chi connectivity index (χ0) is 15.0. The molecule has 5 heteroatoms. The van der Waals surface area contributed by atoms with E-state index in [2.05, 4.69) is 5.32 Å². The highest BCUT2D eigenvalue weighted by atomic mass is 16.5. The van der Waals surface area contributed by atoms with Crippen molar-refractivity contribution in [1.29, 1.82) is 0 Å². The van der Waals surface area contributed by atoms with Crippen molar-refractivity contribution in [2.24, 2.45) is 0 Å². The first kappa shape index (κ1) is 16.2. The lowest BCUT2D eigenvalue weighted by atomic mass is 10.1. The molecule has 1 atom stereocenters. The van der Waals surface area contributed by atoms with Crippen LogP contribution in [0.1, 0.15) is 19.4 Å². The van der Waals surface area contributed by atoms with Gasteiger partial charge in [-0.15, -0.1) is 0 Å². The Morgan fingerprint density at radius 1 is 1.25 bits per heavy atom. The van der Waals surface area contributed by atoms with E-state index in [4.69, 9.17) is 9.47 Å². The minimum atomic E-state index is -0.192. The van der Waals surface area contributed by atoms with Crippen molar-refractivity contribution in [3.05, 3.63) is 29.8 Å². The second-order valence-corrected chi connectivity index (χ2v) is 4.74. The molecule has 0 bridgehead atoms. The number of hydrogen-bond donors (Lipinski definition) is 1. The third-order valence-electron chi connectivity index (χ3n) is 2.57. The van der Waals surface area contributed by atoms with Gasteiger partial charge in [-0.3, -0.25) is 9.59 Å². The third kappa shape index (κ3) is 6.33. The van der Waals surface area contributed by atoms with E-state index >= 15 is 0 Å². The number of Topliss-reactive ketones (excluding diaryl/α,β-unsaturated/α-hetero) is 1. The molecule has 1 aromatic carbocycles. The van der Waals surface area contributed by atoms with E-state index in [-0.39, 0.29) is 24.3 Å². The number of nitrogens with one attached hydrogen (secondary N) is 1. The molecule has 1 aromatic rings. The Morgan fingerprint density at radius 3 is 2.45 bits per heavy atom. The van der Waals surface area contributed by atoms with Gasteiger partial charge in [-0.1, -0.05) is 12.1 Å². The number of methoxy groups -OCH3 is 1. The van der Waals surface area contributed by atoms with Crippen LogP contribution in [0, 0.1) is 0 Å². The predicted molar refractivity (Wildman–Crippen MR) is 75.8 cm³/mol. The van der Waals surface area contributed by atoms with Crippen molar-refractivity contribution < 1.29 is 19.1 Å². The topological polar surface area (TPSA) is 64.6 Å². The molecule has 5 nitrogen and oxygen atoms in total. The molecule has 0 fully saturated rings. The molecule has 0 aromatic heterocycles. The average molecular weight is 279 g/mol. The number of benzene rings is 1. The molecule has 1 unspecified atom stereocenters. The van der Waals surface area contributed by atoms with Gasteiger partial charge in [0.15, 0.2) is 6.61 Å². The van der Waals surface area contributed by atoms with Gasteiger partial charge in [0, 0.05) is 19.6 Å². The maximum Gasteiger partial charge on any atom is 0.258 e. The molecule has 0 spiro atoms. The summed E-state index contributed by atoms with van der Waals surface area (Å²) < 4.78 is 10.3. The van der Waals surface area contributed by atoms with Crippen molar-refractivity contribution in [1.82, 2.24) is 5.32 Å². The first-order chi connectivity index (χ1) is 9.51. The minimum absolute atomic E-state index is 0.0416. The van der Waals surface area contributed by atoms with Crippen LogP contribution in [0.15, 0.2) is 24.3 Å². The molecule has 110 valence electrons. The molecule has 0 aliphatic heterocycles. The second kappa shape index (κ2) is 8.32. The standard InChI is InChI=1S/C15H21NO4/c1-11(9-19-3)16-15(18)10-20-14-6-4-13(5-7-14)8-12(2)17/h4-7,11H,8-10H2,1-3H3,(H,16,18). The molecule has 0 saturated heterocycles. The highest BCUT2D eigenvalue weighted by Gasteiger charge is 2.07. The van der Waals surface area contributed by atoms with Crippen LogP contribution in [0.4, 0.5) is 0 Å². The quantitative estimate of drug-likeness (QED) is 0.780. The molecule has 1 N–H and O–H groups in total. The van der Waals surface area contributed by atoms with Gasteiger partial charge in [0.1, 0.15) is 11.5 Å². The van der Waals surface area contributed by atoms with E-state index in [1.165, 1.54) is 0 Å². The Kier molecular flexibility index (Phi) is 6.73. The molecule has 0 saturated carbocycles. The van der Waals surface area contributed by atoms with Gasteiger partial charge in [-0.25, -0.2) is 0 Å². The van der Waals surface area contributed by atoms with E-state index in [9.17, 15) is 9.59 Å². The van der Waals surface area contributed by atoms with Gasteiger partial charge in [0.25, 0.3) is 5.91 Å².